The number of benzene rings is 3. The molecule has 7 heteroatoms. The monoisotopic (exact) mass is 443 g/mol. The van der Waals surface area contributed by atoms with Gasteiger partial charge in [-0.25, -0.2) is 4.39 Å². The molecule has 0 saturated heterocycles. The molecule has 0 saturated carbocycles. The van der Waals surface area contributed by atoms with Crippen molar-refractivity contribution in [2.75, 3.05) is 12.1 Å². The number of carbonyl (C=O) groups is 1. The van der Waals surface area contributed by atoms with Gasteiger partial charge in [0, 0.05) is 16.2 Å². The molecule has 3 aromatic carbocycles. The maximum Gasteiger partial charge on any atom is 0.256 e. The van der Waals surface area contributed by atoms with Gasteiger partial charge in [-0.05, 0) is 64.0 Å². The van der Waals surface area contributed by atoms with Gasteiger partial charge in [-0.2, -0.15) is 0 Å². The molecule has 0 unspecified atom stereocenters. The van der Waals surface area contributed by atoms with Crippen LogP contribution in [0.3, 0.4) is 0 Å². The van der Waals surface area contributed by atoms with Crippen molar-refractivity contribution in [1.29, 1.82) is 0 Å². The van der Waals surface area contributed by atoms with Crippen LogP contribution in [0.5, 0.6) is 17.2 Å². The molecule has 0 atom stereocenters. The third-order valence-electron chi connectivity index (χ3n) is 4.11. The van der Waals surface area contributed by atoms with E-state index in [1.165, 1.54) is 18.2 Å². The molecule has 5 nitrogen and oxygen atoms in total. The summed E-state index contributed by atoms with van der Waals surface area (Å²) in [6, 6.07) is 16.6. The van der Waals surface area contributed by atoms with Crippen molar-refractivity contribution < 1.29 is 23.4 Å². The van der Waals surface area contributed by atoms with Crippen LogP contribution >= 0.6 is 15.9 Å². The number of rotatable bonds is 5. The first-order valence-electron chi connectivity index (χ1n) is 8.46. The minimum atomic E-state index is -0.411. The van der Waals surface area contributed by atoms with Crippen molar-refractivity contribution in [2.24, 2.45) is 0 Å². The molecule has 1 N–H and O–H groups in total. The van der Waals surface area contributed by atoms with Crippen molar-refractivity contribution in [3.05, 3.63) is 82.1 Å². The van der Waals surface area contributed by atoms with E-state index in [9.17, 15) is 9.18 Å². The maximum absolute atomic E-state index is 13.2. The fraction of sp³-hybridized carbons (Fsp3) is 0.0952. The average Bonchev–Trinajstić information content (AvgIpc) is 3.14. The molecule has 0 bridgehead atoms. The zero-order valence-corrected chi connectivity index (χ0v) is 16.2. The molecule has 4 rings (SSSR count). The Morgan fingerprint density at radius 1 is 1.07 bits per heavy atom. The Bertz CT molecular complexity index is 1040. The lowest BCUT2D eigenvalue weighted by Crippen LogP contribution is -2.13. The first-order valence-corrected chi connectivity index (χ1v) is 9.25. The van der Waals surface area contributed by atoms with Gasteiger partial charge in [-0.15, -0.1) is 0 Å². The Hall–Kier alpha value is -3.06. The summed E-state index contributed by atoms with van der Waals surface area (Å²) in [5, 5.41) is 2.81. The minimum absolute atomic E-state index is 0.213. The number of carbonyl (C=O) groups excluding carboxylic acids is 1. The van der Waals surface area contributed by atoms with Gasteiger partial charge in [0.15, 0.2) is 11.5 Å². The van der Waals surface area contributed by atoms with Gasteiger partial charge < -0.3 is 19.5 Å². The first kappa shape index (κ1) is 18.3. The van der Waals surface area contributed by atoms with E-state index >= 15 is 0 Å². The van der Waals surface area contributed by atoms with Crippen molar-refractivity contribution in [3.8, 4) is 17.2 Å². The van der Waals surface area contributed by atoms with Gasteiger partial charge >= 0.3 is 0 Å². The molecule has 1 aliphatic heterocycles. The molecular weight excluding hydrogens is 429 g/mol. The number of amides is 1. The van der Waals surface area contributed by atoms with E-state index in [0.29, 0.717) is 39.6 Å². The predicted molar refractivity (Wildman–Crippen MR) is 105 cm³/mol. The zero-order chi connectivity index (χ0) is 19.5. The third-order valence-corrected chi connectivity index (χ3v) is 4.77. The maximum atomic E-state index is 13.2. The largest absolute Gasteiger partial charge is 0.489 e. The molecular formula is C21H15BrFNO4. The minimum Gasteiger partial charge on any atom is -0.489 e. The normalized spacial score (nSPS) is 11.9. The summed E-state index contributed by atoms with van der Waals surface area (Å²) in [7, 11) is 0. The van der Waals surface area contributed by atoms with E-state index < -0.39 is 5.82 Å². The summed E-state index contributed by atoms with van der Waals surface area (Å²) in [5.41, 5.74) is 1.85. The van der Waals surface area contributed by atoms with Gasteiger partial charge in [-0.1, -0.05) is 12.1 Å². The smallest absolute Gasteiger partial charge is 0.256 e. The van der Waals surface area contributed by atoms with Crippen LogP contribution < -0.4 is 19.5 Å². The van der Waals surface area contributed by atoms with E-state index in [0.717, 1.165) is 5.56 Å². The van der Waals surface area contributed by atoms with Crippen LogP contribution in [0.4, 0.5) is 10.1 Å². The molecule has 3 aromatic rings. The fourth-order valence-electron chi connectivity index (χ4n) is 2.74. The van der Waals surface area contributed by atoms with Crippen molar-refractivity contribution in [1.82, 2.24) is 0 Å². The number of ether oxygens (including phenoxy) is 3. The van der Waals surface area contributed by atoms with Crippen LogP contribution in [-0.4, -0.2) is 12.7 Å². The summed E-state index contributed by atoms with van der Waals surface area (Å²) in [5.74, 6) is 1.27. The lowest BCUT2D eigenvalue weighted by Gasteiger charge is -2.10. The Morgan fingerprint density at radius 2 is 1.93 bits per heavy atom. The summed E-state index contributed by atoms with van der Waals surface area (Å²) in [6.45, 7) is 0.536. The standard InChI is InChI=1S/C21H15BrFNO4/c22-18-9-14(23)4-6-17(18)21(25)24-15-3-1-2-13(8-15)11-26-16-5-7-19-20(10-16)28-12-27-19/h1-10H,11-12H2,(H,24,25). The van der Waals surface area contributed by atoms with Crippen LogP contribution in [0.15, 0.2) is 65.1 Å². The van der Waals surface area contributed by atoms with Crippen molar-refractivity contribution >= 4 is 27.5 Å². The number of hydrogen-bond acceptors (Lipinski definition) is 4. The van der Waals surface area contributed by atoms with E-state index in [4.69, 9.17) is 14.2 Å². The predicted octanol–water partition coefficient (Wildman–Crippen LogP) is 5.15. The molecule has 0 radical (unpaired) electrons. The molecule has 28 heavy (non-hydrogen) atoms. The fourth-order valence-corrected chi connectivity index (χ4v) is 3.28. The second-order valence-electron chi connectivity index (χ2n) is 6.08. The van der Waals surface area contributed by atoms with E-state index in [2.05, 4.69) is 21.2 Å². The average molecular weight is 444 g/mol. The highest BCUT2D eigenvalue weighted by Gasteiger charge is 2.14. The number of fused-ring (bicyclic) bond motifs is 1. The Balaban J connectivity index is 1.42. The van der Waals surface area contributed by atoms with E-state index in [-0.39, 0.29) is 12.7 Å². The highest BCUT2D eigenvalue weighted by molar-refractivity contribution is 9.10. The zero-order valence-electron chi connectivity index (χ0n) is 14.6. The lowest BCUT2D eigenvalue weighted by atomic mass is 10.1. The lowest BCUT2D eigenvalue weighted by molar-refractivity contribution is 0.102. The Labute approximate surface area is 169 Å². The number of nitrogens with one attached hydrogen (secondary N) is 1. The highest BCUT2D eigenvalue weighted by atomic mass is 79.9. The topological polar surface area (TPSA) is 56.8 Å². The SMILES string of the molecule is O=C(Nc1cccc(COc2ccc3c(c2)OCO3)c1)c1ccc(F)cc1Br. The summed E-state index contributed by atoms with van der Waals surface area (Å²) < 4.78 is 30.0. The molecule has 0 spiro atoms. The summed E-state index contributed by atoms with van der Waals surface area (Å²) >= 11 is 3.21. The van der Waals surface area contributed by atoms with Gasteiger partial charge in [0.05, 0.1) is 5.56 Å². The van der Waals surface area contributed by atoms with Gasteiger partial charge in [-0.3, -0.25) is 4.79 Å². The molecule has 0 aromatic heterocycles. The number of halogens is 2. The molecule has 0 fully saturated rings. The van der Waals surface area contributed by atoms with Crippen molar-refractivity contribution in [3.63, 3.8) is 0 Å². The van der Waals surface area contributed by atoms with Crippen molar-refractivity contribution in [2.45, 2.75) is 6.61 Å². The molecule has 1 amide bonds. The number of anilines is 1. The van der Waals surface area contributed by atoms with Gasteiger partial charge in [0.25, 0.3) is 5.91 Å². The Kier molecular flexibility index (Phi) is 5.16. The summed E-state index contributed by atoms with van der Waals surface area (Å²) in [6.07, 6.45) is 0. The third kappa shape index (κ3) is 4.09. The number of hydrogen-bond donors (Lipinski definition) is 1. The van der Waals surface area contributed by atoms with Crippen LogP contribution in [0.1, 0.15) is 15.9 Å². The van der Waals surface area contributed by atoms with Crippen LogP contribution in [0.25, 0.3) is 0 Å². The van der Waals surface area contributed by atoms with Crippen LogP contribution in [0.2, 0.25) is 0 Å². The molecule has 1 aliphatic rings. The van der Waals surface area contributed by atoms with Gasteiger partial charge in [0.1, 0.15) is 18.2 Å². The van der Waals surface area contributed by atoms with Gasteiger partial charge in [0.2, 0.25) is 6.79 Å². The molecule has 0 aliphatic carbocycles. The first-order chi connectivity index (χ1) is 13.6. The van der Waals surface area contributed by atoms with E-state index in [1.54, 1.807) is 18.2 Å². The van der Waals surface area contributed by atoms with Crippen LogP contribution in [-0.2, 0) is 6.61 Å². The second-order valence-corrected chi connectivity index (χ2v) is 6.94. The second kappa shape index (κ2) is 7.90. The molecule has 142 valence electrons. The van der Waals surface area contributed by atoms with Crippen LogP contribution in [0, 0.1) is 5.82 Å². The Morgan fingerprint density at radius 3 is 2.79 bits per heavy atom. The molecule has 1 heterocycles. The highest BCUT2D eigenvalue weighted by Crippen LogP contribution is 2.35. The quantitative estimate of drug-likeness (QED) is 0.592. The summed E-state index contributed by atoms with van der Waals surface area (Å²) in [4.78, 5) is 12.4. The van der Waals surface area contributed by atoms with E-state index in [1.807, 2.05) is 24.3 Å².